The molecule has 1 aromatic carbocycles. The van der Waals surface area contributed by atoms with Crippen molar-refractivity contribution in [1.29, 1.82) is 0 Å². The second kappa shape index (κ2) is 12.8. The third-order valence-electron chi connectivity index (χ3n) is 5.84. The van der Waals surface area contributed by atoms with Gasteiger partial charge in [-0.3, -0.25) is 23.7 Å². The molecule has 210 valence electrons. The maximum atomic E-state index is 12.3. The van der Waals surface area contributed by atoms with Crippen LogP contribution in [0.15, 0.2) is 36.9 Å². The number of nitrogens with zero attached hydrogens (tertiary/aromatic N) is 3. The molecule has 0 saturated carbocycles. The van der Waals surface area contributed by atoms with Crippen molar-refractivity contribution in [1.82, 2.24) is 19.7 Å². The number of esters is 3. The normalized spacial score (nSPS) is 22.4. The second-order valence-corrected chi connectivity index (χ2v) is 9.42. The number of allylic oxidation sites excluding steroid dienone is 1. The van der Waals surface area contributed by atoms with Gasteiger partial charge in [0.25, 0.3) is 0 Å². The molecule has 13 heteroatoms. The van der Waals surface area contributed by atoms with Crippen molar-refractivity contribution < 1.29 is 38.1 Å². The van der Waals surface area contributed by atoms with Gasteiger partial charge in [-0.2, -0.15) is 0 Å². The van der Waals surface area contributed by atoms with Crippen molar-refractivity contribution >= 4 is 36.0 Å². The first-order valence-corrected chi connectivity index (χ1v) is 12.6. The van der Waals surface area contributed by atoms with E-state index in [4.69, 9.17) is 36.3 Å². The predicted molar refractivity (Wildman–Crippen MR) is 141 cm³/mol. The summed E-state index contributed by atoms with van der Waals surface area (Å²) in [5, 5.41) is 7.47. The Morgan fingerprint density at radius 1 is 1.05 bits per heavy atom. The van der Waals surface area contributed by atoms with E-state index < -0.39 is 54.4 Å². The van der Waals surface area contributed by atoms with Gasteiger partial charge in [0.1, 0.15) is 18.8 Å². The Bertz CT molecular complexity index is 1300. The topological polar surface area (TPSA) is 140 Å². The maximum absolute atomic E-state index is 12.3. The zero-order valence-electron chi connectivity index (χ0n) is 22.4. The zero-order valence-corrected chi connectivity index (χ0v) is 23.2. The van der Waals surface area contributed by atoms with E-state index in [0.717, 1.165) is 11.1 Å². The van der Waals surface area contributed by atoms with E-state index in [1.165, 1.54) is 32.4 Å². The molecule has 0 radical (unpaired) electrons. The number of rotatable bonds is 9. The lowest BCUT2D eigenvalue weighted by Gasteiger charge is -2.45. The molecule has 12 nitrogen and oxygen atoms in total. The van der Waals surface area contributed by atoms with Gasteiger partial charge in [-0.1, -0.05) is 35.9 Å². The quantitative estimate of drug-likeness (QED) is 0.210. The molecule has 2 aromatic rings. The predicted octanol–water partition coefficient (Wildman–Crippen LogP) is 2.40. The Morgan fingerprint density at radius 3 is 2.21 bits per heavy atom. The third kappa shape index (κ3) is 7.18. The number of aromatic nitrogens is 3. The summed E-state index contributed by atoms with van der Waals surface area (Å²) >= 11 is 5.77. The fraction of sp³-hybridized carbons (Fsp3) is 0.462. The van der Waals surface area contributed by atoms with Crippen LogP contribution in [0.3, 0.4) is 0 Å². The number of carbonyl (C=O) groups excluding carboxylic acids is 4. The Balaban J connectivity index is 2.21. The highest BCUT2D eigenvalue weighted by atomic mass is 32.1. The summed E-state index contributed by atoms with van der Waals surface area (Å²) in [6.07, 6.45) is -3.03. The Morgan fingerprint density at radius 2 is 1.67 bits per heavy atom. The van der Waals surface area contributed by atoms with Crippen molar-refractivity contribution in [2.75, 3.05) is 6.61 Å². The van der Waals surface area contributed by atoms with Gasteiger partial charge in [-0.25, -0.2) is 4.68 Å². The lowest BCUT2D eigenvalue weighted by molar-refractivity contribution is -0.239. The van der Waals surface area contributed by atoms with Crippen LogP contribution in [0.4, 0.5) is 0 Å². The lowest BCUT2D eigenvalue weighted by Crippen LogP contribution is -2.64. The van der Waals surface area contributed by atoms with E-state index in [0.29, 0.717) is 12.4 Å². The molecular formula is C26H32N4O8S. The Labute approximate surface area is 230 Å². The maximum Gasteiger partial charge on any atom is 0.303 e. The standard InChI is InChI=1S/C26H32N4O8S/c1-7-12-29-24(19-10-8-14(2)9-11-19)28-30(26(29)39)25-21(27-15(3)31)23(37-18(6)34)22(36-17(5)33)20(38-25)13-35-16(4)32/h7-11,20-23,25H,1,12-13H2,2-6H3,(H,27,31)/t20-,21-,22-,23-,25-/m1/s1. The Hall–Kier alpha value is -3.84. The molecule has 0 bridgehead atoms. The first kappa shape index (κ1) is 29.7. The summed E-state index contributed by atoms with van der Waals surface area (Å²) < 4.78 is 25.8. The van der Waals surface area contributed by atoms with Gasteiger partial charge in [0, 0.05) is 39.8 Å². The molecular weight excluding hydrogens is 528 g/mol. The number of amides is 1. The number of hydrogen-bond donors (Lipinski definition) is 1. The number of nitrogens with one attached hydrogen (secondary N) is 1. The van der Waals surface area contributed by atoms with E-state index in [9.17, 15) is 19.2 Å². The molecule has 1 aliphatic rings. The molecule has 1 amide bonds. The highest BCUT2D eigenvalue weighted by Crippen LogP contribution is 2.34. The minimum Gasteiger partial charge on any atom is -0.463 e. The van der Waals surface area contributed by atoms with Crippen molar-refractivity contribution in [3.05, 3.63) is 47.3 Å². The molecule has 1 saturated heterocycles. The van der Waals surface area contributed by atoms with E-state index >= 15 is 0 Å². The van der Waals surface area contributed by atoms with Crippen LogP contribution in [0.25, 0.3) is 11.4 Å². The minimum atomic E-state index is -1.23. The molecule has 1 aromatic heterocycles. The summed E-state index contributed by atoms with van der Waals surface area (Å²) in [7, 11) is 0. The highest BCUT2D eigenvalue weighted by Gasteiger charge is 2.52. The summed E-state index contributed by atoms with van der Waals surface area (Å²) in [6.45, 7) is 10.6. The minimum absolute atomic E-state index is 0.226. The smallest absolute Gasteiger partial charge is 0.303 e. The number of carbonyl (C=O) groups is 4. The first-order chi connectivity index (χ1) is 18.4. The molecule has 2 heterocycles. The molecule has 0 unspecified atom stereocenters. The monoisotopic (exact) mass is 560 g/mol. The first-order valence-electron chi connectivity index (χ1n) is 12.2. The average molecular weight is 561 g/mol. The van der Waals surface area contributed by atoms with E-state index in [1.54, 1.807) is 10.6 Å². The molecule has 5 atom stereocenters. The summed E-state index contributed by atoms with van der Waals surface area (Å²) in [4.78, 5) is 48.1. The fourth-order valence-corrected chi connectivity index (χ4v) is 4.61. The lowest BCUT2D eigenvalue weighted by atomic mass is 9.95. The number of hydrogen-bond acceptors (Lipinski definition) is 10. The SMILES string of the molecule is C=CCn1c(-c2ccc(C)cc2)nn([C@@H]2O[C@H](COC(C)=O)[C@@H](OC(C)=O)[C@H](OC(C)=O)[C@H]2NC(C)=O)c1=S. The second-order valence-electron chi connectivity index (χ2n) is 9.06. The molecule has 0 aliphatic carbocycles. The number of ether oxygens (including phenoxy) is 4. The van der Waals surface area contributed by atoms with Crippen LogP contribution in [-0.4, -0.2) is 69.1 Å². The number of aryl methyl sites for hydroxylation is 1. The van der Waals surface area contributed by atoms with Gasteiger partial charge >= 0.3 is 17.9 Å². The summed E-state index contributed by atoms with van der Waals surface area (Å²) in [5.41, 5.74) is 1.83. The van der Waals surface area contributed by atoms with E-state index in [1.807, 2.05) is 31.2 Å². The molecule has 39 heavy (non-hydrogen) atoms. The third-order valence-corrected chi connectivity index (χ3v) is 6.25. The molecule has 3 rings (SSSR count). The van der Waals surface area contributed by atoms with Crippen LogP contribution in [0.1, 0.15) is 39.5 Å². The van der Waals surface area contributed by atoms with Gasteiger partial charge in [-0.05, 0) is 19.1 Å². The van der Waals surface area contributed by atoms with Crippen molar-refractivity contribution in [2.24, 2.45) is 0 Å². The summed E-state index contributed by atoms with van der Waals surface area (Å²) in [5.74, 6) is -1.95. The molecule has 1 aliphatic heterocycles. The van der Waals surface area contributed by atoms with Gasteiger partial charge in [0.05, 0.1) is 0 Å². The largest absolute Gasteiger partial charge is 0.463 e. The van der Waals surface area contributed by atoms with Crippen molar-refractivity contribution in [3.63, 3.8) is 0 Å². The zero-order chi connectivity index (χ0) is 28.9. The fourth-order valence-electron chi connectivity index (χ4n) is 4.31. The van der Waals surface area contributed by atoms with Crippen LogP contribution in [0.2, 0.25) is 0 Å². The van der Waals surface area contributed by atoms with Gasteiger partial charge in [0.2, 0.25) is 10.7 Å². The Kier molecular flexibility index (Phi) is 9.76. The summed E-state index contributed by atoms with van der Waals surface area (Å²) in [6, 6.07) is 6.57. The average Bonchev–Trinajstić information content (AvgIpc) is 3.16. The molecule has 1 fully saturated rings. The van der Waals surface area contributed by atoms with Crippen molar-refractivity contribution in [3.8, 4) is 11.4 Å². The van der Waals surface area contributed by atoms with Crippen LogP contribution in [0, 0.1) is 11.7 Å². The van der Waals surface area contributed by atoms with Crippen LogP contribution in [0.5, 0.6) is 0 Å². The number of benzene rings is 1. The van der Waals surface area contributed by atoms with Gasteiger partial charge in [-0.15, -0.1) is 11.7 Å². The van der Waals surface area contributed by atoms with Crippen molar-refractivity contribution in [2.45, 2.75) is 71.7 Å². The highest BCUT2D eigenvalue weighted by molar-refractivity contribution is 7.71. The van der Waals surface area contributed by atoms with Gasteiger partial charge < -0.3 is 24.3 Å². The van der Waals surface area contributed by atoms with Gasteiger partial charge in [0.15, 0.2) is 24.3 Å². The van der Waals surface area contributed by atoms with Crippen LogP contribution in [-0.2, 0) is 44.7 Å². The van der Waals surface area contributed by atoms with E-state index in [-0.39, 0.29) is 11.4 Å². The van der Waals surface area contributed by atoms with E-state index in [2.05, 4.69) is 11.9 Å². The van der Waals surface area contributed by atoms with Crippen LogP contribution >= 0.6 is 12.2 Å². The molecule has 1 N–H and O–H groups in total. The van der Waals surface area contributed by atoms with Crippen LogP contribution < -0.4 is 5.32 Å². The molecule has 0 spiro atoms.